The lowest BCUT2D eigenvalue weighted by atomic mass is 10.2. The first-order chi connectivity index (χ1) is 8.15. The van der Waals surface area contributed by atoms with Crippen molar-refractivity contribution in [2.24, 2.45) is 0 Å². The second-order valence-electron chi connectivity index (χ2n) is 3.17. The fourth-order valence-electron chi connectivity index (χ4n) is 1.26. The molecule has 0 saturated heterocycles. The highest BCUT2D eigenvalue weighted by Gasteiger charge is 2.19. The number of carbonyl (C=O) groups excluding carboxylic acids is 1. The third-order valence-corrected chi connectivity index (χ3v) is 2.17. The Balaban J connectivity index is 2.99. The molecule has 1 N–H and O–H groups in total. The maximum atomic E-state index is 11.6. The highest BCUT2D eigenvalue weighted by atomic mass is 16.2. The second-order valence-corrected chi connectivity index (χ2v) is 3.17. The molecule has 1 heterocycles. The fourth-order valence-corrected chi connectivity index (χ4v) is 1.26. The summed E-state index contributed by atoms with van der Waals surface area (Å²) in [7, 11) is 0. The third kappa shape index (κ3) is 2.42. The van der Waals surface area contributed by atoms with Gasteiger partial charge in [-0.3, -0.25) is 4.79 Å². The molecule has 0 bridgehead atoms. The van der Waals surface area contributed by atoms with Crippen molar-refractivity contribution in [3.8, 4) is 24.5 Å². The van der Waals surface area contributed by atoms with E-state index in [1.165, 1.54) is 10.9 Å². The van der Waals surface area contributed by atoms with Gasteiger partial charge in [-0.25, -0.2) is 4.98 Å². The Kier molecular flexibility index (Phi) is 3.86. The van der Waals surface area contributed by atoms with E-state index in [1.54, 1.807) is 13.0 Å². The molecule has 0 saturated carbocycles. The number of terminal acetylenes is 1. The van der Waals surface area contributed by atoms with Crippen molar-refractivity contribution < 1.29 is 4.79 Å². The SMILES string of the molecule is C#CCNC(=O)C(C)n1cnc(C#N)c1C#N. The lowest BCUT2D eigenvalue weighted by Gasteiger charge is -2.12. The Bertz CT molecular complexity index is 552. The topological polar surface area (TPSA) is 94.5 Å². The average Bonchev–Trinajstić information content (AvgIpc) is 2.77. The van der Waals surface area contributed by atoms with E-state index in [4.69, 9.17) is 16.9 Å². The summed E-state index contributed by atoms with van der Waals surface area (Å²) in [6.45, 7) is 1.71. The second kappa shape index (κ2) is 5.34. The molecule has 1 amide bonds. The van der Waals surface area contributed by atoms with E-state index in [0.29, 0.717) is 0 Å². The van der Waals surface area contributed by atoms with Crippen molar-refractivity contribution in [1.82, 2.24) is 14.9 Å². The van der Waals surface area contributed by atoms with Gasteiger partial charge in [0.25, 0.3) is 0 Å². The molecule has 1 aromatic rings. The van der Waals surface area contributed by atoms with Gasteiger partial charge >= 0.3 is 0 Å². The molecule has 0 aliphatic heterocycles. The number of nitrogens with one attached hydrogen (secondary N) is 1. The van der Waals surface area contributed by atoms with Crippen LogP contribution in [0.15, 0.2) is 6.33 Å². The van der Waals surface area contributed by atoms with Gasteiger partial charge in [0.05, 0.1) is 12.9 Å². The number of nitriles is 2. The molecule has 17 heavy (non-hydrogen) atoms. The van der Waals surface area contributed by atoms with Crippen molar-refractivity contribution in [1.29, 1.82) is 10.5 Å². The van der Waals surface area contributed by atoms with Crippen LogP contribution in [-0.2, 0) is 4.79 Å². The van der Waals surface area contributed by atoms with Gasteiger partial charge in [0.1, 0.15) is 18.2 Å². The van der Waals surface area contributed by atoms with Gasteiger partial charge in [-0.15, -0.1) is 6.42 Å². The first-order valence-electron chi connectivity index (χ1n) is 4.73. The van der Waals surface area contributed by atoms with Crippen LogP contribution in [0.25, 0.3) is 0 Å². The molecule has 6 heteroatoms. The predicted octanol–water partition coefficient (Wildman–Crippen LogP) is -0.0631. The number of hydrogen-bond donors (Lipinski definition) is 1. The Labute approximate surface area is 98.5 Å². The Hall–Kier alpha value is -2.78. The van der Waals surface area contributed by atoms with E-state index in [2.05, 4.69) is 16.2 Å². The number of imidazole rings is 1. The molecular formula is C11H9N5O. The Morgan fingerprint density at radius 2 is 2.35 bits per heavy atom. The lowest BCUT2D eigenvalue weighted by Crippen LogP contribution is -2.31. The van der Waals surface area contributed by atoms with Crippen molar-refractivity contribution >= 4 is 5.91 Å². The van der Waals surface area contributed by atoms with E-state index < -0.39 is 6.04 Å². The van der Waals surface area contributed by atoms with Gasteiger partial charge in [0.15, 0.2) is 11.4 Å². The van der Waals surface area contributed by atoms with E-state index in [0.717, 1.165) is 0 Å². The van der Waals surface area contributed by atoms with Crippen LogP contribution in [0.2, 0.25) is 0 Å². The summed E-state index contributed by atoms with van der Waals surface area (Å²) in [4.78, 5) is 15.4. The highest BCUT2D eigenvalue weighted by Crippen LogP contribution is 2.12. The molecule has 0 fully saturated rings. The van der Waals surface area contributed by atoms with E-state index in [1.807, 2.05) is 6.07 Å². The molecule has 0 radical (unpaired) electrons. The molecule has 0 spiro atoms. The van der Waals surface area contributed by atoms with Gasteiger partial charge in [-0.1, -0.05) is 5.92 Å². The maximum absolute atomic E-state index is 11.6. The fraction of sp³-hybridized carbons (Fsp3) is 0.273. The van der Waals surface area contributed by atoms with Crippen LogP contribution in [0.4, 0.5) is 0 Å². The minimum absolute atomic E-state index is 0.00380. The zero-order valence-corrected chi connectivity index (χ0v) is 9.14. The molecule has 1 unspecified atom stereocenters. The van der Waals surface area contributed by atoms with Gasteiger partial charge in [0, 0.05) is 0 Å². The van der Waals surface area contributed by atoms with Crippen molar-refractivity contribution in [2.75, 3.05) is 6.54 Å². The first kappa shape index (κ1) is 12.3. The Morgan fingerprint density at radius 3 is 2.88 bits per heavy atom. The quantitative estimate of drug-likeness (QED) is 0.731. The van der Waals surface area contributed by atoms with Crippen molar-refractivity contribution in [3.63, 3.8) is 0 Å². The zero-order chi connectivity index (χ0) is 12.8. The van der Waals surface area contributed by atoms with Crippen LogP contribution in [-0.4, -0.2) is 22.0 Å². The molecule has 1 aromatic heterocycles. The maximum Gasteiger partial charge on any atom is 0.243 e. The first-order valence-corrected chi connectivity index (χ1v) is 4.73. The van der Waals surface area contributed by atoms with E-state index >= 15 is 0 Å². The smallest absolute Gasteiger partial charge is 0.243 e. The number of rotatable bonds is 3. The van der Waals surface area contributed by atoms with Crippen LogP contribution in [0.1, 0.15) is 24.4 Å². The lowest BCUT2D eigenvalue weighted by molar-refractivity contribution is -0.123. The molecular weight excluding hydrogens is 218 g/mol. The largest absolute Gasteiger partial charge is 0.343 e. The monoisotopic (exact) mass is 227 g/mol. The number of amides is 1. The molecule has 0 aliphatic carbocycles. The highest BCUT2D eigenvalue weighted by molar-refractivity contribution is 5.80. The van der Waals surface area contributed by atoms with Crippen molar-refractivity contribution in [3.05, 3.63) is 17.7 Å². The summed E-state index contributed by atoms with van der Waals surface area (Å²) in [6.07, 6.45) is 6.31. The molecule has 0 aliphatic rings. The molecule has 0 aromatic carbocycles. The number of aromatic nitrogens is 2. The summed E-state index contributed by atoms with van der Waals surface area (Å²) in [5, 5.41) is 20.1. The summed E-state index contributed by atoms with van der Waals surface area (Å²) < 4.78 is 1.34. The van der Waals surface area contributed by atoms with Crippen LogP contribution in [0.5, 0.6) is 0 Å². The normalized spacial score (nSPS) is 10.7. The summed E-state index contributed by atoms with van der Waals surface area (Å²) in [5.41, 5.74) is 0.0694. The van der Waals surface area contributed by atoms with E-state index in [9.17, 15) is 4.79 Å². The third-order valence-electron chi connectivity index (χ3n) is 2.17. The molecule has 84 valence electrons. The summed E-state index contributed by atoms with van der Waals surface area (Å²) in [5.74, 6) is 1.94. The van der Waals surface area contributed by atoms with E-state index in [-0.39, 0.29) is 23.8 Å². The van der Waals surface area contributed by atoms with Gasteiger partial charge in [-0.2, -0.15) is 10.5 Å². The minimum atomic E-state index is -0.646. The predicted molar refractivity (Wildman–Crippen MR) is 58.2 cm³/mol. The van der Waals surface area contributed by atoms with Crippen LogP contribution in [0.3, 0.4) is 0 Å². The minimum Gasteiger partial charge on any atom is -0.343 e. The van der Waals surface area contributed by atoms with Crippen LogP contribution < -0.4 is 5.32 Å². The Morgan fingerprint density at radius 1 is 1.65 bits per heavy atom. The zero-order valence-electron chi connectivity index (χ0n) is 9.14. The van der Waals surface area contributed by atoms with Crippen LogP contribution >= 0.6 is 0 Å². The van der Waals surface area contributed by atoms with Gasteiger partial charge in [0.2, 0.25) is 5.91 Å². The number of hydrogen-bond acceptors (Lipinski definition) is 4. The average molecular weight is 227 g/mol. The summed E-state index contributed by atoms with van der Waals surface area (Å²) >= 11 is 0. The molecule has 6 nitrogen and oxygen atoms in total. The van der Waals surface area contributed by atoms with Gasteiger partial charge in [-0.05, 0) is 6.92 Å². The van der Waals surface area contributed by atoms with Crippen LogP contribution in [0, 0.1) is 35.0 Å². The van der Waals surface area contributed by atoms with Gasteiger partial charge < -0.3 is 9.88 Å². The molecule has 1 rings (SSSR count). The number of nitrogens with zero attached hydrogens (tertiary/aromatic N) is 4. The summed E-state index contributed by atoms with van der Waals surface area (Å²) in [6, 6.07) is 2.98. The van der Waals surface area contributed by atoms with Crippen molar-refractivity contribution in [2.45, 2.75) is 13.0 Å². The standard InChI is InChI=1S/C11H9N5O/c1-3-4-14-11(17)8(2)16-7-15-9(5-12)10(16)6-13/h1,7-8H,4H2,2H3,(H,14,17). The molecule has 1 atom stereocenters. The number of carbonyl (C=O) groups is 1.